The molecule has 0 atom stereocenters. The second-order valence-electron chi connectivity index (χ2n) is 10.9. The number of thiazole rings is 1. The molecular weight excluding hydrogens is 490 g/mol. The van der Waals surface area contributed by atoms with Gasteiger partial charge in [0.2, 0.25) is 0 Å². The van der Waals surface area contributed by atoms with Crippen LogP contribution in [-0.4, -0.2) is 32.6 Å². The molecule has 0 amide bonds. The fourth-order valence-corrected chi connectivity index (χ4v) is 5.91. The minimum absolute atomic E-state index is 0.125. The van der Waals surface area contributed by atoms with Crippen LogP contribution in [0.4, 0.5) is 0 Å². The van der Waals surface area contributed by atoms with Crippen molar-refractivity contribution in [3.05, 3.63) is 106 Å². The van der Waals surface area contributed by atoms with Crippen LogP contribution in [0.3, 0.4) is 0 Å². The van der Waals surface area contributed by atoms with Crippen molar-refractivity contribution >= 4 is 28.2 Å². The van der Waals surface area contributed by atoms with Gasteiger partial charge in [-0.3, -0.25) is 4.90 Å². The average molecular weight is 524 g/mol. The molecule has 0 aliphatic heterocycles. The summed E-state index contributed by atoms with van der Waals surface area (Å²) >= 11 is 1.74. The number of aromatic carboxylic acids is 1. The van der Waals surface area contributed by atoms with Crippen LogP contribution in [-0.2, 0) is 18.5 Å². The Labute approximate surface area is 228 Å². The zero-order chi connectivity index (χ0) is 27.0. The third-order valence-electron chi connectivity index (χ3n) is 6.91. The van der Waals surface area contributed by atoms with Crippen molar-refractivity contribution in [3.8, 4) is 16.3 Å². The van der Waals surface area contributed by atoms with Gasteiger partial charge in [0.25, 0.3) is 0 Å². The molecule has 194 valence electrons. The van der Waals surface area contributed by atoms with Gasteiger partial charge >= 0.3 is 5.97 Å². The van der Waals surface area contributed by atoms with Crippen LogP contribution in [0.25, 0.3) is 27.2 Å². The van der Waals surface area contributed by atoms with Crippen molar-refractivity contribution in [2.24, 2.45) is 0 Å². The van der Waals surface area contributed by atoms with E-state index in [1.165, 1.54) is 10.4 Å². The van der Waals surface area contributed by atoms with Crippen molar-refractivity contribution in [1.29, 1.82) is 0 Å². The number of aromatic nitrogens is 2. The lowest BCUT2D eigenvalue weighted by molar-refractivity contribution is 0.0697. The molecule has 5 nitrogen and oxygen atoms in total. The van der Waals surface area contributed by atoms with E-state index in [1.54, 1.807) is 23.5 Å². The van der Waals surface area contributed by atoms with Gasteiger partial charge in [-0.15, -0.1) is 11.3 Å². The quantitative estimate of drug-likeness (QED) is 0.238. The Hall–Kier alpha value is -3.74. The molecule has 0 saturated carbocycles. The van der Waals surface area contributed by atoms with E-state index in [0.29, 0.717) is 12.1 Å². The van der Waals surface area contributed by atoms with Gasteiger partial charge in [-0.25, -0.2) is 9.78 Å². The molecule has 1 N–H and O–H groups in total. The third kappa shape index (κ3) is 5.28. The summed E-state index contributed by atoms with van der Waals surface area (Å²) in [6.07, 6.45) is 2.13. The first-order chi connectivity index (χ1) is 18.1. The lowest BCUT2D eigenvalue weighted by atomic mass is 9.87. The van der Waals surface area contributed by atoms with Gasteiger partial charge in [-0.1, -0.05) is 63.2 Å². The van der Waals surface area contributed by atoms with Crippen molar-refractivity contribution in [1.82, 2.24) is 14.5 Å². The smallest absolute Gasteiger partial charge is 0.335 e. The van der Waals surface area contributed by atoms with E-state index >= 15 is 0 Å². The van der Waals surface area contributed by atoms with Gasteiger partial charge in [-0.2, -0.15) is 0 Å². The first kappa shape index (κ1) is 25.9. The summed E-state index contributed by atoms with van der Waals surface area (Å²) in [5.41, 5.74) is 7.08. The summed E-state index contributed by atoms with van der Waals surface area (Å²) in [4.78, 5) is 20.1. The molecule has 38 heavy (non-hydrogen) atoms. The molecule has 0 fully saturated rings. The summed E-state index contributed by atoms with van der Waals surface area (Å²) in [7, 11) is 2.10. The number of carboxylic acid groups (broad SMARTS) is 1. The Bertz CT molecular complexity index is 1590. The van der Waals surface area contributed by atoms with E-state index in [1.807, 2.05) is 24.3 Å². The Balaban J connectivity index is 1.41. The second kappa shape index (κ2) is 10.2. The van der Waals surface area contributed by atoms with Gasteiger partial charge in [0.05, 0.1) is 16.8 Å². The molecule has 2 heterocycles. The summed E-state index contributed by atoms with van der Waals surface area (Å²) in [5.74, 6) is -0.915. The number of aryl methyl sites for hydroxylation is 1. The van der Waals surface area contributed by atoms with Crippen molar-refractivity contribution in [2.75, 3.05) is 7.05 Å². The van der Waals surface area contributed by atoms with Crippen LogP contribution in [0.1, 0.15) is 52.8 Å². The van der Waals surface area contributed by atoms with Crippen LogP contribution in [0.2, 0.25) is 0 Å². The summed E-state index contributed by atoms with van der Waals surface area (Å²) in [6.45, 7) is 10.2. The average Bonchev–Trinajstić information content (AvgIpc) is 3.44. The molecule has 0 bridgehead atoms. The van der Waals surface area contributed by atoms with E-state index in [4.69, 9.17) is 4.98 Å². The van der Waals surface area contributed by atoms with Gasteiger partial charge < -0.3 is 9.67 Å². The van der Waals surface area contributed by atoms with Crippen molar-refractivity contribution in [2.45, 2.75) is 46.2 Å². The molecule has 0 spiro atoms. The normalized spacial score (nSPS) is 11.9. The fourth-order valence-electron chi connectivity index (χ4n) is 4.76. The van der Waals surface area contributed by atoms with Crippen LogP contribution in [0, 0.1) is 6.92 Å². The van der Waals surface area contributed by atoms with E-state index in [-0.39, 0.29) is 5.41 Å². The molecule has 0 saturated heterocycles. The molecular formula is C32H33N3O2S. The lowest BCUT2D eigenvalue weighted by Crippen LogP contribution is -2.17. The summed E-state index contributed by atoms with van der Waals surface area (Å²) in [6, 6.07) is 24.3. The highest BCUT2D eigenvalue weighted by Crippen LogP contribution is 2.32. The number of fused-ring (bicyclic) bond motifs is 1. The van der Waals surface area contributed by atoms with Crippen molar-refractivity contribution < 1.29 is 9.90 Å². The lowest BCUT2D eigenvalue weighted by Gasteiger charge is -2.18. The predicted molar refractivity (Wildman–Crippen MR) is 156 cm³/mol. The van der Waals surface area contributed by atoms with E-state index in [0.717, 1.165) is 45.0 Å². The molecule has 0 radical (unpaired) electrons. The number of carboxylic acids is 1. The summed E-state index contributed by atoms with van der Waals surface area (Å²) in [5, 5.41) is 11.6. The maximum Gasteiger partial charge on any atom is 0.335 e. The predicted octanol–water partition coefficient (Wildman–Crippen LogP) is 7.69. The Morgan fingerprint density at radius 2 is 1.71 bits per heavy atom. The van der Waals surface area contributed by atoms with Crippen LogP contribution < -0.4 is 0 Å². The topological polar surface area (TPSA) is 58.4 Å². The number of para-hydroxylation sites is 1. The maximum absolute atomic E-state index is 11.7. The van der Waals surface area contributed by atoms with E-state index in [2.05, 4.69) is 86.8 Å². The third-order valence-corrected chi connectivity index (χ3v) is 8.10. The molecule has 6 heteroatoms. The Morgan fingerprint density at radius 1 is 1.00 bits per heavy atom. The van der Waals surface area contributed by atoms with Gasteiger partial charge in [0.15, 0.2) is 0 Å². The number of hydrogen-bond donors (Lipinski definition) is 1. The first-order valence-electron chi connectivity index (χ1n) is 12.8. The SMILES string of the molecule is Cc1nc(-c2ccc(C(C)(C)C)cc2)sc1CN(C)Cc1cn(-c2ccccc2)c2ccc(C(=O)O)cc12. The van der Waals surface area contributed by atoms with Crippen molar-refractivity contribution in [3.63, 3.8) is 0 Å². The molecule has 0 unspecified atom stereocenters. The number of nitrogens with zero attached hydrogens (tertiary/aromatic N) is 3. The molecule has 5 aromatic rings. The zero-order valence-electron chi connectivity index (χ0n) is 22.5. The molecule has 2 aromatic heterocycles. The molecule has 5 rings (SSSR count). The van der Waals surface area contributed by atoms with Crippen LogP contribution in [0.5, 0.6) is 0 Å². The van der Waals surface area contributed by atoms with E-state index in [9.17, 15) is 9.90 Å². The summed E-state index contributed by atoms with van der Waals surface area (Å²) < 4.78 is 2.14. The maximum atomic E-state index is 11.7. The fraction of sp³-hybridized carbons (Fsp3) is 0.250. The van der Waals surface area contributed by atoms with Gasteiger partial charge in [-0.05, 0) is 60.8 Å². The highest BCUT2D eigenvalue weighted by molar-refractivity contribution is 7.15. The number of hydrogen-bond acceptors (Lipinski definition) is 4. The minimum Gasteiger partial charge on any atom is -0.478 e. The molecule has 0 aliphatic carbocycles. The molecule has 3 aromatic carbocycles. The van der Waals surface area contributed by atoms with Gasteiger partial charge in [0.1, 0.15) is 5.01 Å². The minimum atomic E-state index is -0.915. The second-order valence-corrected chi connectivity index (χ2v) is 12.0. The van der Waals surface area contributed by atoms with Gasteiger partial charge in [0, 0.05) is 40.8 Å². The Morgan fingerprint density at radius 3 is 2.37 bits per heavy atom. The molecule has 0 aliphatic rings. The monoisotopic (exact) mass is 523 g/mol. The number of rotatable bonds is 7. The van der Waals surface area contributed by atoms with Crippen LogP contribution >= 0.6 is 11.3 Å². The number of carbonyl (C=O) groups is 1. The standard InChI is InChI=1S/C32H33N3O2S/c1-21-29(38-30(33-21)22-11-14-25(15-12-22)32(2,3)4)20-34(5)18-24-19-35(26-9-7-6-8-10-26)28-16-13-23(31(36)37)17-27(24)28/h6-17,19H,18,20H2,1-5H3,(H,36,37). The first-order valence-corrected chi connectivity index (χ1v) is 13.6. The Kier molecular flexibility index (Phi) is 6.95. The van der Waals surface area contributed by atoms with E-state index < -0.39 is 5.97 Å². The number of benzene rings is 3. The highest BCUT2D eigenvalue weighted by Gasteiger charge is 2.18. The zero-order valence-corrected chi connectivity index (χ0v) is 23.3. The largest absolute Gasteiger partial charge is 0.478 e. The highest BCUT2D eigenvalue weighted by atomic mass is 32.1. The van der Waals surface area contributed by atoms with Crippen LogP contribution in [0.15, 0.2) is 79.0 Å².